The third-order valence-electron chi connectivity index (χ3n) is 6.10. The Morgan fingerprint density at radius 1 is 0.971 bits per heavy atom. The first-order valence-electron chi connectivity index (χ1n) is 11.4. The standard InChI is InChI=1S/C28H30N2O5/c1-17-9-10-18(2)25(13-17)35-27-26(23-15-22(33-4)11-12-24(23)34-5)30(28(27)32)16-20-7-6-8-21(14-20)29-19(3)31/h6-15,26-27H,16H2,1-5H3,(H,29,31)/t26-,27+/m1/s1. The normalized spacial score (nSPS) is 16.9. The highest BCUT2D eigenvalue weighted by molar-refractivity contribution is 5.90. The van der Waals surface area contributed by atoms with Crippen LogP contribution in [0.4, 0.5) is 5.69 Å². The van der Waals surface area contributed by atoms with E-state index >= 15 is 0 Å². The maximum atomic E-state index is 13.4. The number of rotatable bonds is 8. The number of benzene rings is 3. The third-order valence-corrected chi connectivity index (χ3v) is 6.10. The summed E-state index contributed by atoms with van der Waals surface area (Å²) in [5, 5.41) is 2.79. The fourth-order valence-corrected chi connectivity index (χ4v) is 4.33. The SMILES string of the molecule is COc1ccc(OC)c([C@@H]2[C@H](Oc3cc(C)ccc3C)C(=O)N2Cc2cccc(NC(C)=O)c2)c1. The third kappa shape index (κ3) is 5.09. The van der Waals surface area contributed by atoms with Crippen LogP contribution in [0, 0.1) is 13.8 Å². The second-order valence-corrected chi connectivity index (χ2v) is 8.71. The van der Waals surface area contributed by atoms with E-state index in [0.29, 0.717) is 29.5 Å². The quantitative estimate of drug-likeness (QED) is 0.474. The Bertz CT molecular complexity index is 1260. The Morgan fingerprint density at radius 3 is 2.49 bits per heavy atom. The van der Waals surface area contributed by atoms with Crippen molar-refractivity contribution in [3.63, 3.8) is 0 Å². The van der Waals surface area contributed by atoms with Crippen LogP contribution in [0.25, 0.3) is 0 Å². The summed E-state index contributed by atoms with van der Waals surface area (Å²) in [7, 11) is 3.21. The molecule has 1 saturated heterocycles. The van der Waals surface area contributed by atoms with Gasteiger partial charge in [-0.3, -0.25) is 9.59 Å². The number of ether oxygens (including phenoxy) is 3. The molecule has 0 aromatic heterocycles. The van der Waals surface area contributed by atoms with Crippen LogP contribution in [0.1, 0.15) is 35.2 Å². The lowest BCUT2D eigenvalue weighted by molar-refractivity contribution is -0.165. The lowest BCUT2D eigenvalue weighted by atomic mass is 9.88. The van der Waals surface area contributed by atoms with E-state index in [-0.39, 0.29) is 11.8 Å². The van der Waals surface area contributed by atoms with Gasteiger partial charge in [-0.2, -0.15) is 0 Å². The van der Waals surface area contributed by atoms with Gasteiger partial charge in [0.1, 0.15) is 23.3 Å². The van der Waals surface area contributed by atoms with Crippen molar-refractivity contribution < 1.29 is 23.8 Å². The Kier molecular flexibility index (Phi) is 6.96. The van der Waals surface area contributed by atoms with Crippen molar-refractivity contribution in [2.24, 2.45) is 0 Å². The van der Waals surface area contributed by atoms with Crippen molar-refractivity contribution in [1.29, 1.82) is 0 Å². The highest BCUT2D eigenvalue weighted by Crippen LogP contribution is 2.44. The number of β-lactam (4-membered cyclic amide) rings is 1. The van der Waals surface area contributed by atoms with Crippen molar-refractivity contribution in [2.45, 2.75) is 39.5 Å². The van der Waals surface area contributed by atoms with E-state index in [2.05, 4.69) is 5.32 Å². The minimum atomic E-state index is -0.713. The molecule has 2 atom stereocenters. The molecule has 1 heterocycles. The van der Waals surface area contributed by atoms with Crippen LogP contribution in [0.5, 0.6) is 17.2 Å². The van der Waals surface area contributed by atoms with Crippen LogP contribution in [0.15, 0.2) is 60.7 Å². The van der Waals surface area contributed by atoms with E-state index in [4.69, 9.17) is 14.2 Å². The molecular weight excluding hydrogens is 444 g/mol. The lowest BCUT2D eigenvalue weighted by Gasteiger charge is -2.47. The van der Waals surface area contributed by atoms with Gasteiger partial charge in [0.15, 0.2) is 0 Å². The number of methoxy groups -OCH3 is 2. The van der Waals surface area contributed by atoms with Gasteiger partial charge in [0.25, 0.3) is 5.91 Å². The Hall–Kier alpha value is -4.00. The van der Waals surface area contributed by atoms with E-state index in [1.165, 1.54) is 6.92 Å². The second kappa shape index (κ2) is 10.1. The van der Waals surface area contributed by atoms with E-state index < -0.39 is 12.1 Å². The molecule has 0 saturated carbocycles. The molecule has 0 aliphatic carbocycles. The number of nitrogens with zero attached hydrogens (tertiary/aromatic N) is 1. The number of amides is 2. The molecule has 182 valence electrons. The Morgan fingerprint density at radius 2 is 1.77 bits per heavy atom. The van der Waals surface area contributed by atoms with Crippen LogP contribution in [-0.2, 0) is 16.1 Å². The molecular formula is C28H30N2O5. The van der Waals surface area contributed by atoms with Crippen LogP contribution < -0.4 is 19.5 Å². The van der Waals surface area contributed by atoms with Crippen LogP contribution >= 0.6 is 0 Å². The zero-order valence-electron chi connectivity index (χ0n) is 20.6. The first-order chi connectivity index (χ1) is 16.8. The molecule has 7 nitrogen and oxygen atoms in total. The summed E-state index contributed by atoms with van der Waals surface area (Å²) in [4.78, 5) is 26.7. The summed E-state index contributed by atoms with van der Waals surface area (Å²) in [6, 6.07) is 18.6. The summed E-state index contributed by atoms with van der Waals surface area (Å²) >= 11 is 0. The zero-order chi connectivity index (χ0) is 25.1. The number of likely N-dealkylation sites (tertiary alicyclic amines) is 1. The Labute approximate surface area is 205 Å². The van der Waals surface area contributed by atoms with Crippen LogP contribution in [0.3, 0.4) is 0 Å². The van der Waals surface area contributed by atoms with Crippen molar-refractivity contribution in [1.82, 2.24) is 4.90 Å². The Balaban J connectivity index is 1.70. The largest absolute Gasteiger partial charge is 0.497 e. The molecule has 1 fully saturated rings. The summed E-state index contributed by atoms with van der Waals surface area (Å²) in [5.41, 5.74) is 4.39. The summed E-state index contributed by atoms with van der Waals surface area (Å²) < 4.78 is 17.4. The number of hydrogen-bond donors (Lipinski definition) is 1. The molecule has 3 aromatic carbocycles. The number of nitrogens with one attached hydrogen (secondary N) is 1. The summed E-state index contributed by atoms with van der Waals surface area (Å²) in [5.74, 6) is 1.73. The smallest absolute Gasteiger partial charge is 0.267 e. The molecule has 2 amide bonds. The van der Waals surface area contributed by atoms with Crippen LogP contribution in [-0.4, -0.2) is 37.0 Å². The predicted octanol–water partition coefficient (Wildman–Crippen LogP) is 4.81. The number of anilines is 1. The number of aryl methyl sites for hydroxylation is 2. The fraction of sp³-hybridized carbons (Fsp3) is 0.286. The monoisotopic (exact) mass is 474 g/mol. The molecule has 1 aliphatic heterocycles. The van der Waals surface area contributed by atoms with Gasteiger partial charge in [-0.15, -0.1) is 0 Å². The van der Waals surface area contributed by atoms with Crippen molar-refractivity contribution in [3.05, 3.63) is 82.9 Å². The van der Waals surface area contributed by atoms with Gasteiger partial charge in [-0.1, -0.05) is 24.3 Å². The minimum Gasteiger partial charge on any atom is -0.497 e. The first-order valence-corrected chi connectivity index (χ1v) is 11.4. The van der Waals surface area contributed by atoms with Gasteiger partial charge in [-0.05, 0) is 66.9 Å². The van der Waals surface area contributed by atoms with Gasteiger partial charge in [0, 0.05) is 24.7 Å². The molecule has 3 aromatic rings. The molecule has 1 N–H and O–H groups in total. The summed E-state index contributed by atoms with van der Waals surface area (Å²) in [6.07, 6.45) is -0.713. The number of carbonyl (C=O) groups excluding carboxylic acids is 2. The van der Waals surface area contributed by atoms with Crippen molar-refractivity contribution >= 4 is 17.5 Å². The van der Waals surface area contributed by atoms with Gasteiger partial charge in [0.05, 0.1) is 14.2 Å². The maximum absolute atomic E-state index is 13.4. The van der Waals surface area contributed by atoms with Gasteiger partial charge < -0.3 is 24.4 Å². The average Bonchev–Trinajstić information content (AvgIpc) is 2.84. The minimum absolute atomic E-state index is 0.120. The second-order valence-electron chi connectivity index (χ2n) is 8.71. The predicted molar refractivity (Wildman–Crippen MR) is 134 cm³/mol. The summed E-state index contributed by atoms with van der Waals surface area (Å²) in [6.45, 7) is 5.77. The van der Waals surface area contributed by atoms with E-state index in [1.807, 2.05) is 74.5 Å². The van der Waals surface area contributed by atoms with E-state index in [1.54, 1.807) is 19.1 Å². The number of hydrogen-bond acceptors (Lipinski definition) is 5. The molecule has 1 aliphatic rings. The van der Waals surface area contributed by atoms with E-state index in [9.17, 15) is 9.59 Å². The van der Waals surface area contributed by atoms with Gasteiger partial charge in [0.2, 0.25) is 12.0 Å². The van der Waals surface area contributed by atoms with Crippen molar-refractivity contribution in [3.8, 4) is 17.2 Å². The maximum Gasteiger partial charge on any atom is 0.267 e. The van der Waals surface area contributed by atoms with Crippen LogP contribution in [0.2, 0.25) is 0 Å². The molecule has 4 rings (SSSR count). The molecule has 0 radical (unpaired) electrons. The number of carbonyl (C=O) groups is 2. The van der Waals surface area contributed by atoms with E-state index in [0.717, 1.165) is 22.3 Å². The molecule has 0 bridgehead atoms. The lowest BCUT2D eigenvalue weighted by Crippen LogP contribution is -2.60. The zero-order valence-corrected chi connectivity index (χ0v) is 20.6. The highest BCUT2D eigenvalue weighted by Gasteiger charge is 2.51. The first kappa shape index (κ1) is 24.1. The highest BCUT2D eigenvalue weighted by atomic mass is 16.5. The van der Waals surface area contributed by atoms with Gasteiger partial charge >= 0.3 is 0 Å². The fourth-order valence-electron chi connectivity index (χ4n) is 4.33. The van der Waals surface area contributed by atoms with Gasteiger partial charge in [-0.25, -0.2) is 0 Å². The molecule has 0 unspecified atom stereocenters. The molecule has 7 heteroatoms. The van der Waals surface area contributed by atoms with Crippen molar-refractivity contribution in [2.75, 3.05) is 19.5 Å². The molecule has 35 heavy (non-hydrogen) atoms. The molecule has 0 spiro atoms. The topological polar surface area (TPSA) is 77.1 Å². The average molecular weight is 475 g/mol.